The number of aliphatic carboxylic acids is 1. The van der Waals surface area contributed by atoms with Crippen LogP contribution in [0.5, 0.6) is 0 Å². The fourth-order valence-corrected chi connectivity index (χ4v) is 1.27. The zero-order chi connectivity index (χ0) is 12.1. The van der Waals surface area contributed by atoms with Gasteiger partial charge in [-0.3, -0.25) is 4.79 Å². The smallest absolute Gasteiger partial charge is 0.334 e. The number of carboxylic acids is 1. The predicted molar refractivity (Wildman–Crippen MR) is 57.0 cm³/mol. The van der Waals surface area contributed by atoms with Crippen LogP contribution in [0.2, 0.25) is 0 Å². The van der Waals surface area contributed by atoms with Crippen molar-refractivity contribution in [1.82, 2.24) is 10.6 Å². The van der Waals surface area contributed by atoms with Gasteiger partial charge in [-0.15, -0.1) is 0 Å². The van der Waals surface area contributed by atoms with Crippen molar-refractivity contribution in [2.75, 3.05) is 26.7 Å². The summed E-state index contributed by atoms with van der Waals surface area (Å²) in [7, 11) is 1.30. The van der Waals surface area contributed by atoms with E-state index >= 15 is 0 Å². The maximum absolute atomic E-state index is 11.6. The summed E-state index contributed by atoms with van der Waals surface area (Å²) in [6.07, 6.45) is -0.999. The van der Waals surface area contributed by atoms with E-state index in [0.717, 1.165) is 18.7 Å². The second-order valence-corrected chi connectivity index (χ2v) is 3.60. The molecule has 0 aliphatic carbocycles. The van der Waals surface area contributed by atoms with Crippen LogP contribution in [0, 0.1) is 0 Å². The fourth-order valence-electron chi connectivity index (χ4n) is 1.27. The van der Waals surface area contributed by atoms with Gasteiger partial charge in [-0.2, -0.15) is 0 Å². The summed E-state index contributed by atoms with van der Waals surface area (Å²) < 4.78 is 4.70. The second kappa shape index (κ2) is 5.62. The van der Waals surface area contributed by atoms with Crippen molar-refractivity contribution >= 4 is 11.9 Å². The highest BCUT2D eigenvalue weighted by atomic mass is 16.5. The zero-order valence-corrected chi connectivity index (χ0v) is 9.37. The average molecular weight is 228 g/mol. The van der Waals surface area contributed by atoms with Crippen molar-refractivity contribution < 1.29 is 19.4 Å². The van der Waals surface area contributed by atoms with Gasteiger partial charge in [0.05, 0.1) is 6.54 Å². The molecular weight excluding hydrogens is 212 g/mol. The minimum Gasteiger partial charge on any atom is -0.479 e. The summed E-state index contributed by atoms with van der Waals surface area (Å²) in [6, 6.07) is 0. The van der Waals surface area contributed by atoms with Crippen molar-refractivity contribution in [1.29, 1.82) is 0 Å². The number of nitrogens with one attached hydrogen (secondary N) is 2. The van der Waals surface area contributed by atoms with Crippen molar-refractivity contribution in [2.24, 2.45) is 0 Å². The molecule has 1 atom stereocenters. The number of amides is 1. The lowest BCUT2D eigenvalue weighted by atomic mass is 10.0. The van der Waals surface area contributed by atoms with Gasteiger partial charge in [0.1, 0.15) is 0 Å². The monoisotopic (exact) mass is 228 g/mol. The van der Waals surface area contributed by atoms with Gasteiger partial charge >= 0.3 is 5.97 Å². The molecule has 1 amide bonds. The Balaban J connectivity index is 2.43. The van der Waals surface area contributed by atoms with E-state index in [9.17, 15) is 9.59 Å². The second-order valence-electron chi connectivity index (χ2n) is 3.60. The van der Waals surface area contributed by atoms with Crippen LogP contribution in [0.4, 0.5) is 0 Å². The number of carboxylic acid groups (broad SMARTS) is 1. The van der Waals surface area contributed by atoms with Crippen molar-refractivity contribution in [2.45, 2.75) is 13.0 Å². The number of rotatable bonds is 5. The van der Waals surface area contributed by atoms with Gasteiger partial charge in [0, 0.05) is 25.8 Å². The Labute approximate surface area is 93.7 Å². The first-order chi connectivity index (χ1) is 7.56. The van der Waals surface area contributed by atoms with Gasteiger partial charge < -0.3 is 20.5 Å². The molecule has 0 radical (unpaired) electrons. The topological polar surface area (TPSA) is 87.7 Å². The summed E-state index contributed by atoms with van der Waals surface area (Å²) in [5.41, 5.74) is 1.71. The molecule has 0 spiro atoms. The van der Waals surface area contributed by atoms with Crippen LogP contribution in [0.1, 0.15) is 6.92 Å². The fraction of sp³-hybridized carbons (Fsp3) is 0.600. The third kappa shape index (κ3) is 3.04. The van der Waals surface area contributed by atoms with Crippen molar-refractivity contribution in [3.63, 3.8) is 0 Å². The van der Waals surface area contributed by atoms with Gasteiger partial charge in [-0.05, 0) is 12.5 Å². The first-order valence-electron chi connectivity index (χ1n) is 4.99. The summed E-state index contributed by atoms with van der Waals surface area (Å²) >= 11 is 0. The Kier molecular flexibility index (Phi) is 4.45. The molecule has 0 aromatic carbocycles. The number of methoxy groups -OCH3 is 1. The molecule has 16 heavy (non-hydrogen) atoms. The number of carbonyl (C=O) groups is 2. The molecule has 0 aromatic heterocycles. The molecule has 1 unspecified atom stereocenters. The lowest BCUT2D eigenvalue weighted by Crippen LogP contribution is -2.41. The van der Waals surface area contributed by atoms with Crippen molar-refractivity contribution in [3.8, 4) is 0 Å². The highest BCUT2D eigenvalue weighted by Crippen LogP contribution is 2.08. The van der Waals surface area contributed by atoms with E-state index in [1.54, 1.807) is 6.92 Å². The molecule has 0 bridgehead atoms. The van der Waals surface area contributed by atoms with E-state index in [4.69, 9.17) is 9.84 Å². The van der Waals surface area contributed by atoms with E-state index < -0.39 is 12.1 Å². The highest BCUT2D eigenvalue weighted by Gasteiger charge is 2.20. The van der Waals surface area contributed by atoms with E-state index in [1.807, 2.05) is 0 Å². The Hall–Kier alpha value is -1.40. The van der Waals surface area contributed by atoms with Crippen LogP contribution < -0.4 is 10.6 Å². The van der Waals surface area contributed by atoms with Gasteiger partial charge in [0.2, 0.25) is 5.91 Å². The summed E-state index contributed by atoms with van der Waals surface area (Å²) in [5.74, 6) is -1.32. The van der Waals surface area contributed by atoms with E-state index in [1.165, 1.54) is 7.11 Å². The summed E-state index contributed by atoms with van der Waals surface area (Å²) in [4.78, 5) is 22.2. The van der Waals surface area contributed by atoms with E-state index in [2.05, 4.69) is 10.6 Å². The third-order valence-electron chi connectivity index (χ3n) is 2.56. The van der Waals surface area contributed by atoms with Gasteiger partial charge in [0.15, 0.2) is 6.10 Å². The Morgan fingerprint density at radius 2 is 2.19 bits per heavy atom. The maximum atomic E-state index is 11.6. The molecule has 0 aromatic rings. The predicted octanol–water partition coefficient (Wildman–Crippen LogP) is -0.878. The van der Waals surface area contributed by atoms with Crippen molar-refractivity contribution in [3.05, 3.63) is 11.1 Å². The van der Waals surface area contributed by atoms with Crippen LogP contribution in [0.15, 0.2) is 11.1 Å². The maximum Gasteiger partial charge on any atom is 0.334 e. The minimum absolute atomic E-state index is 0.0251. The molecule has 1 heterocycles. The molecule has 0 saturated carbocycles. The summed E-state index contributed by atoms with van der Waals surface area (Å²) in [6.45, 7) is 3.16. The Bertz CT molecular complexity index is 319. The van der Waals surface area contributed by atoms with Crippen LogP contribution >= 0.6 is 0 Å². The number of carbonyl (C=O) groups excluding carboxylic acids is 1. The SMILES string of the molecule is COC(CNC(=O)C(C)=C1CNC1)C(=O)O. The average Bonchev–Trinajstić information content (AvgIpc) is 2.15. The molecule has 1 aliphatic heterocycles. The van der Waals surface area contributed by atoms with Gasteiger partial charge in [-0.1, -0.05) is 0 Å². The lowest BCUT2D eigenvalue weighted by molar-refractivity contribution is -0.148. The van der Waals surface area contributed by atoms with Crippen LogP contribution in [-0.2, 0) is 14.3 Å². The Morgan fingerprint density at radius 1 is 1.56 bits per heavy atom. The molecule has 1 rings (SSSR count). The van der Waals surface area contributed by atoms with Crippen LogP contribution in [0.25, 0.3) is 0 Å². The number of hydrogen-bond donors (Lipinski definition) is 3. The molecular formula is C10H16N2O4. The van der Waals surface area contributed by atoms with Crippen LogP contribution in [0.3, 0.4) is 0 Å². The minimum atomic E-state index is -1.08. The number of hydrogen-bond acceptors (Lipinski definition) is 4. The van der Waals surface area contributed by atoms with E-state index in [0.29, 0.717) is 5.57 Å². The normalized spacial score (nSPS) is 16.2. The molecule has 1 fully saturated rings. The largest absolute Gasteiger partial charge is 0.479 e. The number of ether oxygens (including phenoxy) is 1. The molecule has 90 valence electrons. The molecule has 1 aliphatic rings. The van der Waals surface area contributed by atoms with Gasteiger partial charge in [-0.25, -0.2) is 4.79 Å². The standard InChI is InChI=1S/C10H16N2O4/c1-6(7-3-11-4-7)9(13)12-5-8(16-2)10(14)15/h8,11H,3-5H2,1-2H3,(H,12,13)(H,14,15). The summed E-state index contributed by atoms with van der Waals surface area (Å²) in [5, 5.41) is 14.3. The lowest BCUT2D eigenvalue weighted by Gasteiger charge is -2.21. The van der Waals surface area contributed by atoms with E-state index in [-0.39, 0.29) is 12.5 Å². The van der Waals surface area contributed by atoms with Gasteiger partial charge in [0.25, 0.3) is 0 Å². The first-order valence-corrected chi connectivity index (χ1v) is 4.99. The quantitative estimate of drug-likeness (QED) is 0.532. The zero-order valence-electron chi connectivity index (χ0n) is 9.37. The molecule has 1 saturated heterocycles. The highest BCUT2D eigenvalue weighted by molar-refractivity contribution is 5.94. The van der Waals surface area contributed by atoms with Crippen LogP contribution in [-0.4, -0.2) is 49.8 Å². The Morgan fingerprint density at radius 3 is 2.56 bits per heavy atom. The molecule has 6 heteroatoms. The first kappa shape index (κ1) is 12.7. The third-order valence-corrected chi connectivity index (χ3v) is 2.56. The molecule has 6 nitrogen and oxygen atoms in total. The molecule has 3 N–H and O–H groups in total.